The normalized spacial score (nSPS) is 11.6. The number of carbonyl (C=O) groups is 1. The molecule has 12 heteroatoms. The molecule has 0 unspecified atom stereocenters. The number of alkyl carbamates (subject to hydrolysis) is 1. The highest BCUT2D eigenvalue weighted by Crippen LogP contribution is 2.38. The van der Waals surface area contributed by atoms with Crippen molar-refractivity contribution in [3.8, 4) is 28.4 Å². The van der Waals surface area contributed by atoms with E-state index in [1.54, 1.807) is 40.1 Å². The second kappa shape index (κ2) is 11.0. The van der Waals surface area contributed by atoms with Crippen LogP contribution >= 0.6 is 11.3 Å². The number of thiophene rings is 1. The average Bonchev–Trinajstić information content (AvgIpc) is 3.46. The van der Waals surface area contributed by atoms with Crippen LogP contribution in [0.2, 0.25) is 0 Å². The number of aryl methyl sites for hydroxylation is 1. The van der Waals surface area contributed by atoms with Gasteiger partial charge in [0.15, 0.2) is 0 Å². The monoisotopic (exact) mass is 514 g/mol. The molecule has 1 aromatic carbocycles. The third-order valence-electron chi connectivity index (χ3n) is 4.83. The lowest BCUT2D eigenvalue weighted by molar-refractivity contribution is 0.0489. The Labute approximate surface area is 211 Å². The summed E-state index contributed by atoms with van der Waals surface area (Å²) in [6.07, 6.45) is 1.13. The molecule has 3 heterocycles. The highest BCUT2D eigenvalue weighted by atomic mass is 32.1. The van der Waals surface area contributed by atoms with Gasteiger partial charge in [-0.05, 0) is 44.4 Å². The molecule has 3 aromatic heterocycles. The van der Waals surface area contributed by atoms with Gasteiger partial charge in [-0.15, -0.1) is 21.5 Å². The molecule has 0 bridgehead atoms. The molecule has 0 atom stereocenters. The van der Waals surface area contributed by atoms with Gasteiger partial charge in [0.2, 0.25) is 0 Å². The van der Waals surface area contributed by atoms with Crippen molar-refractivity contribution >= 4 is 27.5 Å². The highest BCUT2D eigenvalue weighted by Gasteiger charge is 2.19. The number of hydrogen-bond acceptors (Lipinski definition) is 9. The molecule has 10 nitrogen and oxygen atoms in total. The lowest BCUT2D eigenvalue weighted by Gasteiger charge is -2.19. The zero-order valence-corrected chi connectivity index (χ0v) is 21.3. The molecule has 0 spiro atoms. The van der Waals surface area contributed by atoms with Gasteiger partial charge in [-0.25, -0.2) is 9.18 Å². The van der Waals surface area contributed by atoms with Gasteiger partial charge in [-0.2, -0.15) is 15.0 Å². The summed E-state index contributed by atoms with van der Waals surface area (Å²) >= 11 is 1.50. The van der Waals surface area contributed by atoms with E-state index in [1.165, 1.54) is 28.3 Å². The standard InChI is InChI=1S/C24H27FN6O4S/c1-24(2,3)35-23(32)26-8-9-33-10-11-34-19-13-15(25)5-6-16(19)21-22-17(7-12-36-22)20(28-29-21)18-14-27-31(4)30-18/h5-7,12-14H,8-11H2,1-4H3,(H,26,32). The van der Waals surface area contributed by atoms with E-state index in [1.807, 2.05) is 11.4 Å². The van der Waals surface area contributed by atoms with Crippen LogP contribution in [0.25, 0.3) is 32.7 Å². The van der Waals surface area contributed by atoms with Crippen molar-refractivity contribution in [2.75, 3.05) is 26.4 Å². The predicted octanol–water partition coefficient (Wildman–Crippen LogP) is 4.21. The van der Waals surface area contributed by atoms with Gasteiger partial charge in [-0.3, -0.25) is 0 Å². The number of nitrogens with one attached hydrogen (secondary N) is 1. The number of hydrogen-bond donors (Lipinski definition) is 1. The van der Waals surface area contributed by atoms with Gasteiger partial charge >= 0.3 is 6.09 Å². The summed E-state index contributed by atoms with van der Waals surface area (Å²) in [5.74, 6) is -0.0930. The number of rotatable bonds is 9. The summed E-state index contributed by atoms with van der Waals surface area (Å²) in [5, 5.41) is 22.7. The Bertz CT molecular complexity index is 1350. The minimum atomic E-state index is -0.559. The maximum absolute atomic E-state index is 14.1. The molecule has 4 rings (SSSR count). The number of ether oxygens (including phenoxy) is 3. The second-order valence-corrected chi connectivity index (χ2v) is 9.73. The molecular weight excluding hydrogens is 487 g/mol. The first-order valence-electron chi connectivity index (χ1n) is 11.3. The van der Waals surface area contributed by atoms with E-state index in [-0.39, 0.29) is 19.8 Å². The molecule has 1 amide bonds. The molecule has 0 radical (unpaired) electrons. The summed E-state index contributed by atoms with van der Waals surface area (Å²) < 4.78 is 31.5. The Morgan fingerprint density at radius 2 is 1.94 bits per heavy atom. The van der Waals surface area contributed by atoms with Crippen molar-refractivity contribution in [1.29, 1.82) is 0 Å². The fourth-order valence-corrected chi connectivity index (χ4v) is 4.26. The van der Waals surface area contributed by atoms with Crippen LogP contribution < -0.4 is 10.1 Å². The topological polar surface area (TPSA) is 113 Å². The van der Waals surface area contributed by atoms with Crippen molar-refractivity contribution in [2.45, 2.75) is 26.4 Å². The number of carbonyl (C=O) groups excluding carboxylic acids is 1. The largest absolute Gasteiger partial charge is 0.490 e. The fourth-order valence-electron chi connectivity index (χ4n) is 3.36. The molecule has 190 valence electrons. The number of fused-ring (bicyclic) bond motifs is 1. The number of benzene rings is 1. The Morgan fingerprint density at radius 1 is 1.14 bits per heavy atom. The third-order valence-corrected chi connectivity index (χ3v) is 5.75. The fraction of sp³-hybridized carbons (Fsp3) is 0.375. The molecule has 0 saturated carbocycles. The molecule has 4 aromatic rings. The third kappa shape index (κ3) is 6.32. The van der Waals surface area contributed by atoms with Gasteiger partial charge < -0.3 is 19.5 Å². The molecule has 0 aliphatic rings. The zero-order valence-electron chi connectivity index (χ0n) is 20.4. The van der Waals surface area contributed by atoms with Crippen LogP contribution in [0.1, 0.15) is 20.8 Å². The smallest absolute Gasteiger partial charge is 0.407 e. The molecule has 0 fully saturated rings. The molecular formula is C24H27FN6O4S. The van der Waals surface area contributed by atoms with Crippen LogP contribution in [0.5, 0.6) is 5.75 Å². The van der Waals surface area contributed by atoms with Crippen molar-refractivity contribution in [1.82, 2.24) is 30.5 Å². The zero-order chi connectivity index (χ0) is 25.7. The van der Waals surface area contributed by atoms with Gasteiger partial charge in [0, 0.05) is 30.6 Å². The van der Waals surface area contributed by atoms with Crippen LogP contribution in [-0.4, -0.2) is 63.3 Å². The second-order valence-electron chi connectivity index (χ2n) is 8.81. The average molecular weight is 515 g/mol. The van der Waals surface area contributed by atoms with Crippen LogP contribution in [0, 0.1) is 5.82 Å². The van der Waals surface area contributed by atoms with Crippen LogP contribution in [0.15, 0.2) is 35.8 Å². The predicted molar refractivity (Wildman–Crippen MR) is 133 cm³/mol. The van der Waals surface area contributed by atoms with E-state index < -0.39 is 17.5 Å². The molecule has 36 heavy (non-hydrogen) atoms. The van der Waals surface area contributed by atoms with Crippen molar-refractivity contribution < 1.29 is 23.4 Å². The number of halogens is 1. The maximum Gasteiger partial charge on any atom is 0.407 e. The Hall–Kier alpha value is -3.64. The van der Waals surface area contributed by atoms with Gasteiger partial charge in [0.1, 0.15) is 40.9 Å². The number of nitrogens with zero attached hydrogens (tertiary/aromatic N) is 5. The number of aromatic nitrogens is 5. The summed E-state index contributed by atoms with van der Waals surface area (Å²) in [6, 6.07) is 6.25. The Balaban J connectivity index is 1.41. The summed E-state index contributed by atoms with van der Waals surface area (Å²) in [6.45, 7) is 6.39. The Kier molecular flexibility index (Phi) is 7.75. The van der Waals surface area contributed by atoms with E-state index in [4.69, 9.17) is 14.2 Å². The SMILES string of the molecule is Cn1ncc(-c2nnc(-c3ccc(F)cc3OCCOCCNC(=O)OC(C)(C)C)c3sccc23)n1. The minimum absolute atomic E-state index is 0.182. The first-order valence-corrected chi connectivity index (χ1v) is 12.2. The molecule has 0 aliphatic carbocycles. The van der Waals surface area contributed by atoms with Gasteiger partial charge in [-0.1, -0.05) is 0 Å². The van der Waals surface area contributed by atoms with E-state index >= 15 is 0 Å². The highest BCUT2D eigenvalue weighted by molar-refractivity contribution is 7.17. The molecule has 0 saturated heterocycles. The van der Waals surface area contributed by atoms with Crippen molar-refractivity contribution in [3.05, 3.63) is 41.7 Å². The van der Waals surface area contributed by atoms with Crippen LogP contribution in [0.4, 0.5) is 9.18 Å². The van der Waals surface area contributed by atoms with Crippen molar-refractivity contribution in [2.24, 2.45) is 7.05 Å². The van der Waals surface area contributed by atoms with E-state index in [9.17, 15) is 9.18 Å². The van der Waals surface area contributed by atoms with E-state index in [0.29, 0.717) is 34.9 Å². The minimum Gasteiger partial charge on any atom is -0.490 e. The molecule has 0 aliphatic heterocycles. The molecule has 1 N–H and O–H groups in total. The maximum atomic E-state index is 14.1. The van der Waals surface area contributed by atoms with Crippen LogP contribution in [-0.2, 0) is 16.5 Å². The van der Waals surface area contributed by atoms with E-state index in [0.717, 1.165) is 10.1 Å². The summed E-state index contributed by atoms with van der Waals surface area (Å²) in [5.41, 5.74) is 1.89. The lowest BCUT2D eigenvalue weighted by atomic mass is 10.1. The van der Waals surface area contributed by atoms with Gasteiger partial charge in [0.05, 0.1) is 24.1 Å². The quantitative estimate of drug-likeness (QED) is 0.331. The number of amides is 1. The Morgan fingerprint density at radius 3 is 2.69 bits per heavy atom. The van der Waals surface area contributed by atoms with Crippen molar-refractivity contribution in [3.63, 3.8) is 0 Å². The van der Waals surface area contributed by atoms with E-state index in [2.05, 4.69) is 25.7 Å². The summed E-state index contributed by atoms with van der Waals surface area (Å²) in [4.78, 5) is 13.1. The summed E-state index contributed by atoms with van der Waals surface area (Å²) in [7, 11) is 1.74. The lowest BCUT2D eigenvalue weighted by Crippen LogP contribution is -2.34. The first-order chi connectivity index (χ1) is 17.2. The van der Waals surface area contributed by atoms with Crippen LogP contribution in [0.3, 0.4) is 0 Å². The van der Waals surface area contributed by atoms with Gasteiger partial charge in [0.25, 0.3) is 0 Å². The first kappa shape index (κ1) is 25.5.